The molecule has 0 aliphatic carbocycles. The number of hydrogen-bond donors (Lipinski definition) is 2. The van der Waals surface area contributed by atoms with Gasteiger partial charge in [-0.15, -0.1) is 0 Å². The molecular formula is C17H13F2N3O5. The van der Waals surface area contributed by atoms with Gasteiger partial charge in [-0.2, -0.15) is 0 Å². The van der Waals surface area contributed by atoms with Gasteiger partial charge in [-0.25, -0.2) is 8.78 Å². The van der Waals surface area contributed by atoms with Crippen molar-refractivity contribution in [2.24, 2.45) is 5.16 Å². The molecule has 0 saturated carbocycles. The van der Waals surface area contributed by atoms with Crippen molar-refractivity contribution >= 4 is 29.4 Å². The predicted molar refractivity (Wildman–Crippen MR) is 90.6 cm³/mol. The minimum atomic E-state index is -0.930. The summed E-state index contributed by atoms with van der Waals surface area (Å²) in [5, 5.41) is 8.02. The van der Waals surface area contributed by atoms with E-state index in [0.29, 0.717) is 23.3 Å². The van der Waals surface area contributed by atoms with Crippen molar-refractivity contribution in [2.75, 3.05) is 24.0 Å². The molecule has 2 aromatic rings. The van der Waals surface area contributed by atoms with Crippen LogP contribution in [0, 0.1) is 11.6 Å². The molecule has 8 nitrogen and oxygen atoms in total. The molecule has 10 heteroatoms. The minimum absolute atomic E-state index is 0.119. The zero-order valence-electron chi connectivity index (χ0n) is 13.7. The Morgan fingerprint density at radius 3 is 2.74 bits per heavy atom. The molecule has 140 valence electrons. The van der Waals surface area contributed by atoms with Crippen molar-refractivity contribution in [1.82, 2.24) is 0 Å². The van der Waals surface area contributed by atoms with E-state index in [1.165, 1.54) is 0 Å². The summed E-state index contributed by atoms with van der Waals surface area (Å²) in [6, 6.07) is 7.55. The van der Waals surface area contributed by atoms with Gasteiger partial charge in [0.15, 0.2) is 18.1 Å². The number of fused-ring (bicyclic) bond motifs is 1. The van der Waals surface area contributed by atoms with Crippen molar-refractivity contribution < 1.29 is 32.7 Å². The molecule has 0 atom stereocenters. The van der Waals surface area contributed by atoms with Crippen molar-refractivity contribution in [3.05, 3.63) is 48.0 Å². The Morgan fingerprint density at radius 2 is 1.93 bits per heavy atom. The van der Waals surface area contributed by atoms with E-state index in [0.717, 1.165) is 18.3 Å². The Balaban J connectivity index is 1.43. The molecule has 0 saturated heterocycles. The highest BCUT2D eigenvalue weighted by atomic mass is 19.1. The first-order chi connectivity index (χ1) is 13.0. The molecule has 2 aromatic carbocycles. The van der Waals surface area contributed by atoms with E-state index >= 15 is 0 Å². The molecular weight excluding hydrogens is 364 g/mol. The molecule has 27 heavy (non-hydrogen) atoms. The van der Waals surface area contributed by atoms with Crippen LogP contribution in [0.15, 0.2) is 41.6 Å². The van der Waals surface area contributed by atoms with Gasteiger partial charge in [-0.05, 0) is 24.3 Å². The second kappa shape index (κ2) is 8.13. The normalized spacial score (nSPS) is 12.1. The Labute approximate surface area is 151 Å². The largest absolute Gasteiger partial charge is 0.454 e. The van der Waals surface area contributed by atoms with Gasteiger partial charge in [0.2, 0.25) is 6.79 Å². The average Bonchev–Trinajstić information content (AvgIpc) is 3.09. The molecule has 0 spiro atoms. The van der Waals surface area contributed by atoms with E-state index in [1.54, 1.807) is 18.2 Å². The predicted octanol–water partition coefficient (Wildman–Crippen LogP) is 2.27. The summed E-state index contributed by atoms with van der Waals surface area (Å²) in [6.07, 6.45) is 0.719. The third kappa shape index (κ3) is 4.91. The molecule has 1 heterocycles. The summed E-state index contributed by atoms with van der Waals surface area (Å²) in [5.74, 6) is -1.93. The molecule has 0 radical (unpaired) electrons. The average molecular weight is 377 g/mol. The standard InChI is InChI=1S/C17H13F2N3O5/c18-10-1-3-13(12(19)5-10)22-16(23)7-20-27-8-17(24)21-11-2-4-14-15(6-11)26-9-25-14/h1-7H,8-9H2,(H,21,24)(H,22,23)/b20-7+. The topological polar surface area (TPSA) is 98.2 Å². The zero-order chi connectivity index (χ0) is 19.2. The van der Waals surface area contributed by atoms with Crippen LogP contribution in [0.2, 0.25) is 0 Å². The zero-order valence-corrected chi connectivity index (χ0v) is 13.7. The number of carbonyl (C=O) groups excluding carboxylic acids is 2. The van der Waals surface area contributed by atoms with E-state index in [9.17, 15) is 18.4 Å². The van der Waals surface area contributed by atoms with Crippen molar-refractivity contribution in [3.8, 4) is 11.5 Å². The van der Waals surface area contributed by atoms with Crippen LogP contribution in [0.1, 0.15) is 0 Å². The Kier molecular flexibility index (Phi) is 5.45. The Bertz CT molecular complexity index is 904. The van der Waals surface area contributed by atoms with Gasteiger partial charge in [0.05, 0.1) is 5.69 Å². The summed E-state index contributed by atoms with van der Waals surface area (Å²) in [5.41, 5.74) is 0.259. The SMILES string of the molecule is O=C(/C=N/OCC(=O)Nc1ccc2c(c1)OCO2)Nc1ccc(F)cc1F. The summed E-state index contributed by atoms with van der Waals surface area (Å²) >= 11 is 0. The fourth-order valence-electron chi connectivity index (χ4n) is 2.11. The maximum atomic E-state index is 13.4. The second-order valence-electron chi connectivity index (χ2n) is 5.24. The maximum absolute atomic E-state index is 13.4. The molecule has 0 fully saturated rings. The Hall–Kier alpha value is -3.69. The quantitative estimate of drug-likeness (QED) is 0.595. The highest BCUT2D eigenvalue weighted by Gasteiger charge is 2.14. The lowest BCUT2D eigenvalue weighted by Crippen LogP contribution is -2.18. The van der Waals surface area contributed by atoms with Crippen LogP contribution in [0.5, 0.6) is 11.5 Å². The molecule has 2 amide bonds. The van der Waals surface area contributed by atoms with Gasteiger partial charge < -0.3 is 24.9 Å². The van der Waals surface area contributed by atoms with E-state index in [4.69, 9.17) is 14.3 Å². The number of carbonyl (C=O) groups is 2. The third-order valence-electron chi connectivity index (χ3n) is 3.29. The lowest BCUT2D eigenvalue weighted by Gasteiger charge is -2.05. The highest BCUT2D eigenvalue weighted by Crippen LogP contribution is 2.34. The van der Waals surface area contributed by atoms with Crippen LogP contribution in [-0.2, 0) is 14.4 Å². The van der Waals surface area contributed by atoms with Crippen LogP contribution in [0.3, 0.4) is 0 Å². The molecule has 0 unspecified atom stereocenters. The van der Waals surface area contributed by atoms with Crippen molar-refractivity contribution in [2.45, 2.75) is 0 Å². The molecule has 1 aliphatic rings. The first kappa shape index (κ1) is 18.1. The summed E-state index contributed by atoms with van der Waals surface area (Å²) in [6.45, 7) is -0.336. The number of halogens is 2. The smallest absolute Gasteiger partial charge is 0.270 e. The first-order valence-corrected chi connectivity index (χ1v) is 7.62. The van der Waals surface area contributed by atoms with E-state index in [-0.39, 0.29) is 12.5 Å². The van der Waals surface area contributed by atoms with E-state index < -0.39 is 30.1 Å². The number of nitrogens with one attached hydrogen (secondary N) is 2. The highest BCUT2D eigenvalue weighted by molar-refractivity contribution is 6.31. The molecule has 2 N–H and O–H groups in total. The number of amides is 2. The number of nitrogens with zero attached hydrogens (tertiary/aromatic N) is 1. The number of hydrogen-bond acceptors (Lipinski definition) is 6. The number of anilines is 2. The van der Waals surface area contributed by atoms with Crippen LogP contribution in [0.25, 0.3) is 0 Å². The van der Waals surface area contributed by atoms with Crippen LogP contribution >= 0.6 is 0 Å². The van der Waals surface area contributed by atoms with Gasteiger partial charge in [0.25, 0.3) is 11.8 Å². The van der Waals surface area contributed by atoms with E-state index in [1.807, 2.05) is 0 Å². The first-order valence-electron chi connectivity index (χ1n) is 7.62. The van der Waals surface area contributed by atoms with Crippen LogP contribution < -0.4 is 20.1 Å². The third-order valence-corrected chi connectivity index (χ3v) is 3.29. The lowest BCUT2D eigenvalue weighted by atomic mass is 10.3. The van der Waals surface area contributed by atoms with Gasteiger partial charge in [-0.3, -0.25) is 9.59 Å². The van der Waals surface area contributed by atoms with Gasteiger partial charge in [0, 0.05) is 17.8 Å². The Morgan fingerprint density at radius 1 is 1.11 bits per heavy atom. The fourth-order valence-corrected chi connectivity index (χ4v) is 2.11. The maximum Gasteiger partial charge on any atom is 0.270 e. The lowest BCUT2D eigenvalue weighted by molar-refractivity contribution is -0.120. The number of benzene rings is 2. The van der Waals surface area contributed by atoms with Crippen LogP contribution in [-0.4, -0.2) is 31.4 Å². The minimum Gasteiger partial charge on any atom is -0.454 e. The monoisotopic (exact) mass is 377 g/mol. The van der Waals surface area contributed by atoms with Gasteiger partial charge in [-0.1, -0.05) is 5.16 Å². The molecule has 1 aliphatic heterocycles. The fraction of sp³-hybridized carbons (Fsp3) is 0.118. The summed E-state index contributed by atoms with van der Waals surface area (Å²) < 4.78 is 36.5. The number of ether oxygens (including phenoxy) is 2. The number of rotatable bonds is 6. The number of oxime groups is 1. The van der Waals surface area contributed by atoms with Gasteiger partial charge >= 0.3 is 0 Å². The molecule has 0 bridgehead atoms. The van der Waals surface area contributed by atoms with E-state index in [2.05, 4.69) is 15.8 Å². The molecule has 3 rings (SSSR count). The van der Waals surface area contributed by atoms with Crippen molar-refractivity contribution in [1.29, 1.82) is 0 Å². The summed E-state index contributed by atoms with van der Waals surface area (Å²) in [4.78, 5) is 28.0. The van der Waals surface area contributed by atoms with Gasteiger partial charge in [0.1, 0.15) is 17.8 Å². The summed E-state index contributed by atoms with van der Waals surface area (Å²) in [7, 11) is 0. The van der Waals surface area contributed by atoms with Crippen LogP contribution in [0.4, 0.5) is 20.2 Å². The molecule has 0 aromatic heterocycles. The van der Waals surface area contributed by atoms with Crippen molar-refractivity contribution in [3.63, 3.8) is 0 Å². The second-order valence-corrected chi connectivity index (χ2v) is 5.24.